The fourth-order valence-corrected chi connectivity index (χ4v) is 6.99. The molecule has 5 atom stereocenters. The predicted octanol–water partition coefficient (Wildman–Crippen LogP) is 1.94. The number of aromatic amines is 1. The zero-order chi connectivity index (χ0) is 46.6. The highest BCUT2D eigenvalue weighted by Crippen LogP contribution is 2.40. The number of esters is 3. The zero-order valence-electron chi connectivity index (χ0n) is 35.9. The van der Waals surface area contributed by atoms with E-state index in [1.807, 2.05) is 0 Å². The maximum Gasteiger partial charge on any atom is 0.470 e. The lowest BCUT2D eigenvalue weighted by atomic mass is 10.0. The lowest BCUT2D eigenvalue weighted by Gasteiger charge is -2.22. The molecular formula is C40H65N6O16P. The molecule has 0 spiro atoms. The van der Waals surface area contributed by atoms with Crippen LogP contribution in [0.2, 0.25) is 0 Å². The number of carboxylic acids is 1. The number of ether oxygens (including phenoxy) is 3. The van der Waals surface area contributed by atoms with E-state index in [0.29, 0.717) is 31.5 Å². The standard InChI is InChI=1S/C40H65N6O16P/c1-2-3-4-5-6-7-8-9-10-11-12-13-14-18-34(50)60-30(36-35(51)37(40(55)61-36)62-63(56,57)58)25-59-33(49)20-19-31(47)43-24-32(48)45-28(17-15-16-21-41)38(52)46-29(39(53)54)22-27-23-42-26-44-27/h23,26,28-30,36-37H,2-22,24-25,41H2,1H3,(H,42,44)(H,43,47)(H,45,48)(H,46,52)(H,53,54)(H2,56,57,58)/t28-,29-,30?,36?,37?/m0/s1. The van der Waals surface area contributed by atoms with Gasteiger partial charge in [0.1, 0.15) is 18.7 Å². The van der Waals surface area contributed by atoms with Crippen LogP contribution >= 0.6 is 7.82 Å². The van der Waals surface area contributed by atoms with Gasteiger partial charge in [-0.3, -0.25) is 33.3 Å². The number of nitrogens with zero attached hydrogens (tertiary/aromatic N) is 1. The summed E-state index contributed by atoms with van der Waals surface area (Å²) in [6.07, 6.45) is 10.6. The Kier molecular flexibility index (Phi) is 26.2. The first kappa shape index (κ1) is 54.4. The second kappa shape index (κ2) is 30.3. The van der Waals surface area contributed by atoms with Gasteiger partial charge in [-0.15, -0.1) is 0 Å². The molecule has 1 aliphatic rings. The van der Waals surface area contributed by atoms with Gasteiger partial charge >= 0.3 is 31.7 Å². The Morgan fingerprint density at radius 2 is 1.48 bits per heavy atom. The Morgan fingerprint density at radius 3 is 2.05 bits per heavy atom. The molecule has 1 aliphatic heterocycles. The lowest BCUT2D eigenvalue weighted by molar-refractivity contribution is -0.172. The Bertz CT molecular complexity index is 1660. The first-order valence-corrected chi connectivity index (χ1v) is 23.2. The van der Waals surface area contributed by atoms with Crippen LogP contribution < -0.4 is 21.7 Å². The van der Waals surface area contributed by atoms with Gasteiger partial charge in [0.15, 0.2) is 6.10 Å². The molecule has 23 heteroatoms. The van der Waals surface area contributed by atoms with Gasteiger partial charge in [-0.05, 0) is 32.2 Å². The summed E-state index contributed by atoms with van der Waals surface area (Å²) in [6, 6.07) is -2.50. The largest absolute Gasteiger partial charge is 0.480 e. The van der Waals surface area contributed by atoms with Crippen LogP contribution in [0.25, 0.3) is 0 Å². The maximum absolute atomic E-state index is 13.0. The number of phosphoric acid groups is 1. The van der Waals surface area contributed by atoms with Crippen molar-refractivity contribution in [2.24, 2.45) is 5.73 Å². The van der Waals surface area contributed by atoms with Gasteiger partial charge in [0.2, 0.25) is 35.7 Å². The number of ketones is 1. The average Bonchev–Trinajstić information content (AvgIpc) is 3.84. The van der Waals surface area contributed by atoms with Crippen LogP contribution in [-0.4, -0.2) is 122 Å². The fraction of sp³-hybridized carbons (Fsp3) is 0.725. The molecule has 63 heavy (non-hydrogen) atoms. The molecule has 0 aliphatic carbocycles. The quantitative estimate of drug-likeness (QED) is 0.0159. The summed E-state index contributed by atoms with van der Waals surface area (Å²) in [4.78, 5) is 126. The van der Waals surface area contributed by atoms with Gasteiger partial charge in [-0.2, -0.15) is 0 Å². The summed E-state index contributed by atoms with van der Waals surface area (Å²) in [6.45, 7) is 1.05. The van der Waals surface area contributed by atoms with Crippen LogP contribution in [0.3, 0.4) is 0 Å². The van der Waals surface area contributed by atoms with Gasteiger partial charge < -0.3 is 55.8 Å². The molecule has 22 nitrogen and oxygen atoms in total. The molecule has 1 fully saturated rings. The minimum Gasteiger partial charge on any atom is -0.480 e. The van der Waals surface area contributed by atoms with Gasteiger partial charge in [-0.25, -0.2) is 19.1 Å². The van der Waals surface area contributed by atoms with Crippen LogP contribution in [-0.2, 0) is 68.1 Å². The van der Waals surface area contributed by atoms with Crippen molar-refractivity contribution in [2.45, 2.75) is 166 Å². The van der Waals surface area contributed by atoms with Gasteiger partial charge in [0.25, 0.3) is 0 Å². The van der Waals surface area contributed by atoms with E-state index in [9.17, 15) is 48.0 Å². The molecule has 0 saturated carbocycles. The number of aliphatic carboxylic acids is 1. The van der Waals surface area contributed by atoms with Crippen molar-refractivity contribution in [1.82, 2.24) is 25.9 Å². The Hall–Kier alpha value is -4.76. The summed E-state index contributed by atoms with van der Waals surface area (Å²) < 4.78 is 31.0. The number of carbonyl (C=O) groups excluding carboxylic acids is 7. The number of aromatic nitrogens is 2. The molecule has 2 heterocycles. The Morgan fingerprint density at radius 1 is 0.841 bits per heavy atom. The van der Waals surface area contributed by atoms with E-state index in [2.05, 4.69) is 37.4 Å². The highest BCUT2D eigenvalue weighted by Gasteiger charge is 2.52. The monoisotopic (exact) mass is 916 g/mol. The van der Waals surface area contributed by atoms with Crippen molar-refractivity contribution < 1.29 is 76.5 Å². The second-order valence-electron chi connectivity index (χ2n) is 15.3. The summed E-state index contributed by atoms with van der Waals surface area (Å²) in [5, 5.41) is 16.8. The number of nitrogens with one attached hydrogen (secondary N) is 4. The molecule has 3 unspecified atom stereocenters. The van der Waals surface area contributed by atoms with Crippen LogP contribution in [0.15, 0.2) is 12.5 Å². The molecule has 1 aromatic rings. The van der Waals surface area contributed by atoms with E-state index in [1.54, 1.807) is 0 Å². The number of hydrogen-bond donors (Lipinski definition) is 8. The Labute approximate surface area is 366 Å². The number of nitrogens with two attached hydrogens (primary N) is 1. The van der Waals surface area contributed by atoms with Crippen molar-refractivity contribution in [3.8, 4) is 0 Å². The Balaban J connectivity index is 1.86. The third kappa shape index (κ3) is 23.5. The number of Topliss-reactive ketones (excluding diaryl/α,β-unsaturated/α-hetero) is 1. The average molecular weight is 917 g/mol. The van der Waals surface area contributed by atoms with E-state index in [4.69, 9.17) is 29.7 Å². The summed E-state index contributed by atoms with van der Waals surface area (Å²) in [5.74, 6) is -8.22. The first-order valence-electron chi connectivity index (χ1n) is 21.6. The SMILES string of the molecule is CCCCCCCCCCCCCCCC(=O)OC(COC(=O)CCC(=O)NCC(=O)N[C@@H](CCCCN)C(=O)N[C@@H](Cc1cnc[nH]1)C(=O)O)C1OC(=O)C(OP(=O)(O)O)C1=O. The van der Waals surface area contributed by atoms with Crippen LogP contribution in [0, 0.1) is 0 Å². The van der Waals surface area contributed by atoms with Crippen molar-refractivity contribution >= 4 is 55.2 Å². The number of hydrogen-bond acceptors (Lipinski definition) is 15. The summed E-state index contributed by atoms with van der Waals surface area (Å²) in [5.41, 5.74) is 6.00. The number of unbranched alkanes of at least 4 members (excludes halogenated alkanes) is 13. The molecule has 0 bridgehead atoms. The van der Waals surface area contributed by atoms with Gasteiger partial charge in [0, 0.05) is 31.2 Å². The molecule has 0 radical (unpaired) electrons. The van der Waals surface area contributed by atoms with Crippen molar-refractivity contribution in [3.63, 3.8) is 0 Å². The number of rotatable bonds is 35. The molecule has 356 valence electrons. The molecule has 1 saturated heterocycles. The minimum absolute atomic E-state index is 0.0822. The summed E-state index contributed by atoms with van der Waals surface area (Å²) >= 11 is 0. The number of carboxylic acid groups (broad SMARTS) is 1. The number of carbonyl (C=O) groups is 8. The third-order valence-corrected chi connectivity index (χ3v) is 10.4. The number of cyclic esters (lactones) is 1. The van der Waals surface area contributed by atoms with E-state index >= 15 is 0 Å². The highest BCUT2D eigenvalue weighted by molar-refractivity contribution is 7.46. The summed E-state index contributed by atoms with van der Waals surface area (Å²) in [7, 11) is -5.33. The van der Waals surface area contributed by atoms with E-state index in [1.165, 1.54) is 57.5 Å². The van der Waals surface area contributed by atoms with Gasteiger partial charge in [0.05, 0.1) is 19.3 Å². The number of imidazole rings is 1. The molecule has 1 aromatic heterocycles. The molecule has 2 rings (SSSR count). The first-order chi connectivity index (χ1) is 30.0. The zero-order valence-corrected chi connectivity index (χ0v) is 36.8. The number of phosphoric ester groups is 1. The number of amides is 3. The van der Waals surface area contributed by atoms with Crippen LogP contribution in [0.1, 0.15) is 135 Å². The van der Waals surface area contributed by atoms with Crippen LogP contribution in [0.4, 0.5) is 0 Å². The van der Waals surface area contributed by atoms with E-state index in [-0.39, 0.29) is 19.3 Å². The third-order valence-electron chi connectivity index (χ3n) is 9.95. The molecule has 0 aromatic carbocycles. The van der Waals surface area contributed by atoms with Crippen molar-refractivity contribution in [2.75, 3.05) is 19.7 Å². The normalized spacial score (nSPS) is 16.4. The second-order valence-corrected chi connectivity index (χ2v) is 16.5. The molecule has 9 N–H and O–H groups in total. The topological polar surface area (TPSA) is 342 Å². The van der Waals surface area contributed by atoms with E-state index in [0.717, 1.165) is 32.1 Å². The maximum atomic E-state index is 13.0. The predicted molar refractivity (Wildman–Crippen MR) is 222 cm³/mol. The molecular weight excluding hydrogens is 851 g/mol. The van der Waals surface area contributed by atoms with Crippen molar-refractivity contribution in [1.29, 1.82) is 0 Å². The van der Waals surface area contributed by atoms with Crippen molar-refractivity contribution in [3.05, 3.63) is 18.2 Å². The number of H-pyrrole nitrogens is 1. The highest BCUT2D eigenvalue weighted by atomic mass is 31.2. The van der Waals surface area contributed by atoms with E-state index < -0.39 is 112 Å². The fourth-order valence-electron chi connectivity index (χ4n) is 6.53. The minimum atomic E-state index is -5.33. The lowest BCUT2D eigenvalue weighted by Crippen LogP contribution is -2.53. The molecule has 3 amide bonds. The smallest absolute Gasteiger partial charge is 0.470 e. The van der Waals surface area contributed by atoms with Crippen LogP contribution in [0.5, 0.6) is 0 Å². The van der Waals surface area contributed by atoms with Gasteiger partial charge in [-0.1, -0.05) is 84.0 Å².